The number of carbonyl (C=O) groups is 1. The van der Waals surface area contributed by atoms with Crippen molar-refractivity contribution in [3.63, 3.8) is 0 Å². The van der Waals surface area contributed by atoms with E-state index in [1.54, 1.807) is 23.8 Å². The molecule has 2 aromatic rings. The number of carbonyl (C=O) groups excluding carboxylic acids is 1. The van der Waals surface area contributed by atoms with Crippen LogP contribution in [0.4, 0.5) is 18.0 Å². The Morgan fingerprint density at radius 2 is 1.80 bits per heavy atom. The molecule has 166 valence electrons. The summed E-state index contributed by atoms with van der Waals surface area (Å²) < 4.78 is 45.1. The van der Waals surface area contributed by atoms with E-state index >= 15 is 0 Å². The van der Waals surface area contributed by atoms with E-state index in [2.05, 4.69) is 0 Å². The molecule has 0 spiro atoms. The van der Waals surface area contributed by atoms with E-state index in [9.17, 15) is 27.6 Å². The van der Waals surface area contributed by atoms with Crippen LogP contribution in [0.3, 0.4) is 0 Å². The SMILES string of the molecule is COCCn1c(=O)n(CCC(F)(F)F)c(=O)c2c(C)c(CN3CCN(C)C3=O)sc21. The highest BCUT2D eigenvalue weighted by atomic mass is 32.1. The van der Waals surface area contributed by atoms with Gasteiger partial charge in [-0.2, -0.15) is 13.2 Å². The molecule has 1 saturated heterocycles. The first kappa shape index (κ1) is 22.3. The molecule has 3 heterocycles. The van der Waals surface area contributed by atoms with Crippen molar-refractivity contribution in [1.82, 2.24) is 18.9 Å². The molecule has 2 amide bonds. The van der Waals surface area contributed by atoms with Gasteiger partial charge in [-0.25, -0.2) is 9.59 Å². The lowest BCUT2D eigenvalue weighted by Gasteiger charge is -2.15. The molecule has 0 aromatic carbocycles. The molecule has 0 saturated carbocycles. The van der Waals surface area contributed by atoms with Crippen LogP contribution in [0.25, 0.3) is 10.2 Å². The fraction of sp³-hybridized carbons (Fsp3) is 0.611. The number of hydrogen-bond donors (Lipinski definition) is 0. The van der Waals surface area contributed by atoms with Gasteiger partial charge in [0.15, 0.2) is 0 Å². The number of aromatic nitrogens is 2. The number of methoxy groups -OCH3 is 1. The predicted molar refractivity (Wildman–Crippen MR) is 106 cm³/mol. The second-order valence-corrected chi connectivity index (χ2v) is 8.29. The van der Waals surface area contributed by atoms with Crippen molar-refractivity contribution in [3.8, 4) is 0 Å². The van der Waals surface area contributed by atoms with Gasteiger partial charge in [0, 0.05) is 38.7 Å². The summed E-state index contributed by atoms with van der Waals surface area (Å²) in [5, 5.41) is 0.216. The van der Waals surface area contributed by atoms with Crippen molar-refractivity contribution >= 4 is 27.6 Å². The van der Waals surface area contributed by atoms with Crippen molar-refractivity contribution < 1.29 is 22.7 Å². The van der Waals surface area contributed by atoms with E-state index in [1.807, 2.05) is 0 Å². The second-order valence-electron chi connectivity index (χ2n) is 7.21. The number of likely N-dealkylation sites (N-methyl/N-ethyl adjacent to an activating group) is 1. The number of urea groups is 1. The molecule has 1 fully saturated rings. The van der Waals surface area contributed by atoms with Crippen LogP contribution in [0, 0.1) is 6.92 Å². The van der Waals surface area contributed by atoms with Crippen molar-refractivity contribution in [2.45, 2.75) is 39.2 Å². The summed E-state index contributed by atoms with van der Waals surface area (Å²) in [7, 11) is 3.14. The molecule has 1 aliphatic heterocycles. The summed E-state index contributed by atoms with van der Waals surface area (Å²) in [5.41, 5.74) is -0.953. The maximum absolute atomic E-state index is 12.9. The minimum Gasteiger partial charge on any atom is -0.383 e. The predicted octanol–water partition coefficient (Wildman–Crippen LogP) is 2.00. The largest absolute Gasteiger partial charge is 0.390 e. The lowest BCUT2D eigenvalue weighted by Crippen LogP contribution is -2.41. The molecule has 0 unspecified atom stereocenters. The molecular weight excluding hydrogens is 425 g/mol. The van der Waals surface area contributed by atoms with Gasteiger partial charge in [-0.3, -0.25) is 13.9 Å². The summed E-state index contributed by atoms with van der Waals surface area (Å²) >= 11 is 1.21. The summed E-state index contributed by atoms with van der Waals surface area (Å²) in [6.45, 7) is 2.61. The van der Waals surface area contributed by atoms with Crippen molar-refractivity contribution in [2.75, 3.05) is 33.9 Å². The lowest BCUT2D eigenvalue weighted by molar-refractivity contribution is -0.137. The number of aryl methyl sites for hydroxylation is 1. The molecular formula is C18H23F3N4O4S. The molecule has 0 radical (unpaired) electrons. The van der Waals surface area contributed by atoms with E-state index < -0.39 is 30.4 Å². The van der Waals surface area contributed by atoms with Gasteiger partial charge in [-0.1, -0.05) is 0 Å². The van der Waals surface area contributed by atoms with Crippen LogP contribution in [0.15, 0.2) is 9.59 Å². The van der Waals surface area contributed by atoms with Crippen LogP contribution < -0.4 is 11.2 Å². The molecule has 8 nitrogen and oxygen atoms in total. The smallest absolute Gasteiger partial charge is 0.383 e. The number of thiophene rings is 1. The van der Waals surface area contributed by atoms with Gasteiger partial charge in [0.05, 0.1) is 31.5 Å². The molecule has 0 N–H and O–H groups in total. The van der Waals surface area contributed by atoms with Gasteiger partial charge in [-0.05, 0) is 12.5 Å². The highest BCUT2D eigenvalue weighted by Crippen LogP contribution is 2.30. The van der Waals surface area contributed by atoms with Crippen molar-refractivity contribution in [2.24, 2.45) is 0 Å². The third kappa shape index (κ3) is 4.24. The first-order chi connectivity index (χ1) is 14.0. The summed E-state index contributed by atoms with van der Waals surface area (Å²) in [6.07, 6.45) is -5.77. The third-order valence-corrected chi connectivity index (χ3v) is 6.47. The number of nitrogens with zero attached hydrogens (tertiary/aromatic N) is 4. The molecule has 0 bridgehead atoms. The van der Waals surface area contributed by atoms with Crippen molar-refractivity contribution in [1.29, 1.82) is 0 Å². The molecule has 1 aliphatic rings. The Labute approximate surface area is 174 Å². The van der Waals surface area contributed by atoms with E-state index in [1.165, 1.54) is 23.0 Å². The van der Waals surface area contributed by atoms with E-state index in [0.29, 0.717) is 28.1 Å². The van der Waals surface area contributed by atoms with Gasteiger partial charge in [-0.15, -0.1) is 11.3 Å². The molecule has 12 heteroatoms. The van der Waals surface area contributed by atoms with Crippen LogP contribution in [-0.4, -0.2) is 65.0 Å². The Morgan fingerprint density at radius 3 is 2.37 bits per heavy atom. The Balaban J connectivity index is 2.11. The molecule has 3 rings (SSSR count). The Hall–Kier alpha value is -2.34. The van der Waals surface area contributed by atoms with E-state index in [0.717, 1.165) is 4.88 Å². The molecule has 2 aromatic heterocycles. The van der Waals surface area contributed by atoms with Crippen LogP contribution in [0.1, 0.15) is 16.9 Å². The standard InChI is InChI=1S/C18H23F3N4O4S/c1-11-12(10-23-7-6-22(2)16(23)27)30-15-13(11)14(26)24(5-4-18(19,20)21)17(28)25(15)8-9-29-3/h4-10H2,1-3H3. The first-order valence-corrected chi connectivity index (χ1v) is 10.2. The molecule has 30 heavy (non-hydrogen) atoms. The lowest BCUT2D eigenvalue weighted by atomic mass is 10.2. The maximum atomic E-state index is 12.9. The fourth-order valence-electron chi connectivity index (χ4n) is 3.43. The van der Waals surface area contributed by atoms with Crippen LogP contribution in [0.5, 0.6) is 0 Å². The zero-order valence-corrected chi connectivity index (χ0v) is 17.7. The number of ether oxygens (including phenoxy) is 1. The summed E-state index contributed by atoms with van der Waals surface area (Å²) in [6, 6.07) is -0.133. The normalized spacial score (nSPS) is 15.1. The second kappa shape index (κ2) is 8.42. The van der Waals surface area contributed by atoms with Crippen molar-refractivity contribution in [3.05, 3.63) is 31.3 Å². The van der Waals surface area contributed by atoms with E-state index in [-0.39, 0.29) is 31.1 Å². The zero-order valence-electron chi connectivity index (χ0n) is 16.9. The summed E-state index contributed by atoms with van der Waals surface area (Å²) in [5.74, 6) is 0. The monoisotopic (exact) mass is 448 g/mol. The van der Waals surface area contributed by atoms with Gasteiger partial charge < -0.3 is 14.5 Å². The summed E-state index contributed by atoms with van der Waals surface area (Å²) in [4.78, 5) is 42.3. The Kier molecular flexibility index (Phi) is 6.27. The quantitative estimate of drug-likeness (QED) is 0.649. The third-order valence-electron chi connectivity index (χ3n) is 5.17. The van der Waals surface area contributed by atoms with Gasteiger partial charge in [0.1, 0.15) is 4.83 Å². The highest BCUT2D eigenvalue weighted by molar-refractivity contribution is 7.18. The number of rotatable bonds is 7. The number of hydrogen-bond acceptors (Lipinski definition) is 5. The van der Waals surface area contributed by atoms with Crippen LogP contribution in [0.2, 0.25) is 0 Å². The fourth-order valence-corrected chi connectivity index (χ4v) is 4.76. The Bertz CT molecular complexity index is 1070. The molecule has 0 aliphatic carbocycles. The van der Waals surface area contributed by atoms with E-state index in [4.69, 9.17) is 4.74 Å². The zero-order chi connectivity index (χ0) is 22.2. The average Bonchev–Trinajstić information content (AvgIpc) is 3.15. The number of halogens is 3. The minimum atomic E-state index is -4.49. The number of amides is 2. The Morgan fingerprint density at radius 1 is 1.10 bits per heavy atom. The number of alkyl halides is 3. The topological polar surface area (TPSA) is 76.8 Å². The highest BCUT2D eigenvalue weighted by Gasteiger charge is 2.30. The number of fused-ring (bicyclic) bond motifs is 1. The first-order valence-electron chi connectivity index (χ1n) is 9.36. The van der Waals surface area contributed by atoms with Crippen LogP contribution in [-0.2, 0) is 24.4 Å². The van der Waals surface area contributed by atoms with Gasteiger partial charge in [0.25, 0.3) is 5.56 Å². The van der Waals surface area contributed by atoms with Gasteiger partial charge in [0.2, 0.25) is 0 Å². The van der Waals surface area contributed by atoms with Crippen LogP contribution >= 0.6 is 11.3 Å². The van der Waals surface area contributed by atoms with Gasteiger partial charge >= 0.3 is 17.9 Å². The minimum absolute atomic E-state index is 0.100. The maximum Gasteiger partial charge on any atom is 0.390 e. The molecule has 0 atom stereocenters. The average molecular weight is 448 g/mol.